The Bertz CT molecular complexity index is 563. The summed E-state index contributed by atoms with van der Waals surface area (Å²) in [4.78, 5) is 4.30. The van der Waals surface area contributed by atoms with Gasteiger partial charge >= 0.3 is 0 Å². The van der Waals surface area contributed by atoms with Gasteiger partial charge in [-0.3, -0.25) is 0 Å². The molecule has 0 fully saturated rings. The summed E-state index contributed by atoms with van der Waals surface area (Å²) >= 11 is 9.33. The zero-order chi connectivity index (χ0) is 12.4. The van der Waals surface area contributed by atoms with Gasteiger partial charge in [-0.2, -0.15) is 0 Å². The predicted molar refractivity (Wildman–Crippen MR) is 75.0 cm³/mol. The molecule has 2 aromatic rings. The van der Waals surface area contributed by atoms with Crippen molar-refractivity contribution in [2.75, 3.05) is 5.73 Å². The minimum atomic E-state index is 0.624. The van der Waals surface area contributed by atoms with Crippen LogP contribution in [0, 0.1) is 0 Å². The van der Waals surface area contributed by atoms with Crippen LogP contribution >= 0.6 is 27.5 Å². The standard InChI is InChI=1S/C12H11BrClN3/c1-2-5-17-7-16-11(12(17)15)8-3-4-10(14)9(13)6-8/h2-4,6-7H,1,5,15H2. The number of allylic oxidation sites excluding steroid dienone is 1. The Morgan fingerprint density at radius 1 is 1.53 bits per heavy atom. The lowest BCUT2D eigenvalue weighted by atomic mass is 10.1. The molecule has 5 heteroatoms. The van der Waals surface area contributed by atoms with Crippen molar-refractivity contribution in [3.8, 4) is 11.3 Å². The van der Waals surface area contributed by atoms with Crippen LogP contribution in [0.3, 0.4) is 0 Å². The molecule has 3 nitrogen and oxygen atoms in total. The smallest absolute Gasteiger partial charge is 0.131 e. The third kappa shape index (κ3) is 2.37. The zero-order valence-electron chi connectivity index (χ0n) is 9.03. The van der Waals surface area contributed by atoms with Gasteiger partial charge in [0.2, 0.25) is 0 Å². The van der Waals surface area contributed by atoms with Crippen LogP contribution in [0.1, 0.15) is 0 Å². The minimum Gasteiger partial charge on any atom is -0.383 e. The van der Waals surface area contributed by atoms with E-state index < -0.39 is 0 Å². The number of nitrogens with two attached hydrogens (primary N) is 1. The molecule has 0 bridgehead atoms. The molecular weight excluding hydrogens is 302 g/mol. The summed E-state index contributed by atoms with van der Waals surface area (Å²) in [6, 6.07) is 5.61. The van der Waals surface area contributed by atoms with Gasteiger partial charge in [-0.05, 0) is 28.1 Å². The van der Waals surface area contributed by atoms with Gasteiger partial charge in [-0.15, -0.1) is 6.58 Å². The van der Waals surface area contributed by atoms with Crippen molar-refractivity contribution >= 4 is 33.3 Å². The Hall–Kier alpha value is -1.26. The summed E-state index contributed by atoms with van der Waals surface area (Å²) in [5.74, 6) is 0.624. The monoisotopic (exact) mass is 311 g/mol. The van der Waals surface area contributed by atoms with Crippen molar-refractivity contribution in [2.24, 2.45) is 0 Å². The molecule has 2 N–H and O–H groups in total. The third-order valence-electron chi connectivity index (χ3n) is 2.40. The van der Waals surface area contributed by atoms with Gasteiger partial charge in [0.05, 0.1) is 11.3 Å². The predicted octanol–water partition coefficient (Wildman–Crippen LogP) is 3.73. The Labute approximate surface area is 113 Å². The van der Waals surface area contributed by atoms with Gasteiger partial charge in [-0.25, -0.2) is 4.98 Å². The molecule has 0 radical (unpaired) electrons. The number of nitrogen functional groups attached to an aromatic ring is 1. The average Bonchev–Trinajstić information content (AvgIpc) is 2.66. The van der Waals surface area contributed by atoms with Crippen LogP contribution in [0.2, 0.25) is 5.02 Å². The van der Waals surface area contributed by atoms with Crippen LogP contribution in [0.5, 0.6) is 0 Å². The molecule has 0 aliphatic heterocycles. The zero-order valence-corrected chi connectivity index (χ0v) is 11.4. The van der Waals surface area contributed by atoms with Crippen LogP contribution < -0.4 is 5.73 Å². The number of anilines is 1. The van der Waals surface area contributed by atoms with Crippen LogP contribution in [0.25, 0.3) is 11.3 Å². The van der Waals surface area contributed by atoms with Crippen molar-refractivity contribution in [2.45, 2.75) is 6.54 Å². The Morgan fingerprint density at radius 3 is 2.94 bits per heavy atom. The molecule has 17 heavy (non-hydrogen) atoms. The maximum absolute atomic E-state index is 6.01. The fourth-order valence-corrected chi connectivity index (χ4v) is 2.04. The Kier molecular flexibility index (Phi) is 3.54. The molecule has 0 atom stereocenters. The van der Waals surface area contributed by atoms with Gasteiger partial charge in [0.1, 0.15) is 11.5 Å². The number of hydrogen-bond donors (Lipinski definition) is 1. The van der Waals surface area contributed by atoms with Gasteiger partial charge in [0.25, 0.3) is 0 Å². The number of aromatic nitrogens is 2. The molecule has 0 unspecified atom stereocenters. The van der Waals surface area contributed by atoms with E-state index in [2.05, 4.69) is 27.5 Å². The minimum absolute atomic E-state index is 0.624. The van der Waals surface area contributed by atoms with Crippen LogP contribution in [0.15, 0.2) is 41.7 Å². The highest BCUT2D eigenvalue weighted by Crippen LogP contribution is 2.30. The second-order valence-electron chi connectivity index (χ2n) is 3.55. The molecule has 0 saturated heterocycles. The number of rotatable bonds is 3. The molecule has 1 heterocycles. The van der Waals surface area contributed by atoms with Crippen molar-refractivity contribution < 1.29 is 0 Å². The van der Waals surface area contributed by atoms with Crippen molar-refractivity contribution in [3.63, 3.8) is 0 Å². The molecular formula is C12H11BrClN3. The topological polar surface area (TPSA) is 43.8 Å². The highest BCUT2D eigenvalue weighted by atomic mass is 79.9. The highest BCUT2D eigenvalue weighted by Gasteiger charge is 2.10. The SMILES string of the molecule is C=CCn1cnc(-c2ccc(Cl)c(Br)c2)c1N. The van der Waals surface area contributed by atoms with Gasteiger partial charge in [0, 0.05) is 16.6 Å². The molecule has 0 saturated carbocycles. The lowest BCUT2D eigenvalue weighted by molar-refractivity contribution is 0.833. The summed E-state index contributed by atoms with van der Waals surface area (Å²) in [6.45, 7) is 4.32. The molecule has 0 amide bonds. The van der Waals surface area contributed by atoms with E-state index in [0.717, 1.165) is 15.7 Å². The van der Waals surface area contributed by atoms with Gasteiger partial charge in [-0.1, -0.05) is 23.7 Å². The number of imidazole rings is 1. The van der Waals surface area contributed by atoms with Crippen LogP contribution in [-0.4, -0.2) is 9.55 Å². The first-order chi connectivity index (χ1) is 8.13. The van der Waals surface area contributed by atoms with E-state index in [0.29, 0.717) is 17.4 Å². The normalized spacial score (nSPS) is 10.5. The molecule has 0 aliphatic carbocycles. The number of nitrogens with zero attached hydrogens (tertiary/aromatic N) is 2. The second kappa shape index (κ2) is 4.94. The largest absolute Gasteiger partial charge is 0.383 e. The Morgan fingerprint density at radius 2 is 2.29 bits per heavy atom. The van der Waals surface area contributed by atoms with Crippen molar-refractivity contribution in [1.82, 2.24) is 9.55 Å². The first kappa shape index (κ1) is 12.2. The average molecular weight is 313 g/mol. The first-order valence-electron chi connectivity index (χ1n) is 5.00. The molecule has 0 spiro atoms. The van der Waals surface area contributed by atoms with Crippen LogP contribution in [-0.2, 0) is 6.54 Å². The van der Waals surface area contributed by atoms with E-state index in [1.54, 1.807) is 12.4 Å². The molecule has 0 aliphatic rings. The molecule has 1 aromatic heterocycles. The van der Waals surface area contributed by atoms with Crippen molar-refractivity contribution in [3.05, 3.63) is 46.7 Å². The highest BCUT2D eigenvalue weighted by molar-refractivity contribution is 9.10. The van der Waals surface area contributed by atoms with E-state index in [-0.39, 0.29) is 0 Å². The second-order valence-corrected chi connectivity index (χ2v) is 4.81. The summed E-state index contributed by atoms with van der Waals surface area (Å²) in [7, 11) is 0. The van der Waals surface area contributed by atoms with Crippen LogP contribution in [0.4, 0.5) is 5.82 Å². The van der Waals surface area contributed by atoms with Gasteiger partial charge < -0.3 is 10.3 Å². The Balaban J connectivity index is 2.46. The lowest BCUT2D eigenvalue weighted by Gasteiger charge is -2.04. The van der Waals surface area contributed by atoms with Gasteiger partial charge in [0.15, 0.2) is 0 Å². The number of benzene rings is 1. The maximum Gasteiger partial charge on any atom is 0.131 e. The number of halogens is 2. The number of hydrogen-bond acceptors (Lipinski definition) is 2. The molecule has 1 aromatic carbocycles. The van der Waals surface area contributed by atoms with E-state index in [4.69, 9.17) is 17.3 Å². The fourth-order valence-electron chi connectivity index (χ4n) is 1.54. The van der Waals surface area contributed by atoms with Crippen molar-refractivity contribution in [1.29, 1.82) is 0 Å². The third-order valence-corrected chi connectivity index (χ3v) is 3.61. The fraction of sp³-hybridized carbons (Fsp3) is 0.0833. The van der Waals surface area contributed by atoms with E-state index in [1.165, 1.54) is 0 Å². The van der Waals surface area contributed by atoms with E-state index >= 15 is 0 Å². The van der Waals surface area contributed by atoms with E-state index in [9.17, 15) is 0 Å². The molecule has 88 valence electrons. The van der Waals surface area contributed by atoms with E-state index in [1.807, 2.05) is 22.8 Å². The quantitative estimate of drug-likeness (QED) is 0.878. The lowest BCUT2D eigenvalue weighted by Crippen LogP contribution is -2.00. The summed E-state index contributed by atoms with van der Waals surface area (Å²) in [5.41, 5.74) is 7.70. The summed E-state index contributed by atoms with van der Waals surface area (Å²) in [6.07, 6.45) is 3.48. The maximum atomic E-state index is 6.01. The molecule has 2 rings (SSSR count). The first-order valence-corrected chi connectivity index (χ1v) is 6.17. The summed E-state index contributed by atoms with van der Waals surface area (Å²) in [5, 5.41) is 0.665. The summed E-state index contributed by atoms with van der Waals surface area (Å²) < 4.78 is 2.67.